The first-order valence-electron chi connectivity index (χ1n) is 4.77. The number of halogens is 1. The number of allylic oxidation sites excluding steroid dienone is 1. The Hall–Kier alpha value is -1.29. The molecule has 4 heteroatoms. The van der Waals surface area contributed by atoms with Gasteiger partial charge in [-0.15, -0.1) is 0 Å². The van der Waals surface area contributed by atoms with Crippen LogP contribution in [0.4, 0.5) is 0 Å². The average Bonchev–Trinajstić information content (AvgIpc) is 2.25. The number of methoxy groups -OCH3 is 1. The largest absolute Gasteiger partial charge is 0.496 e. The molecule has 0 unspecified atom stereocenters. The Morgan fingerprint density at radius 2 is 2.12 bits per heavy atom. The summed E-state index contributed by atoms with van der Waals surface area (Å²) < 4.78 is 5.87. The molecule has 16 heavy (non-hydrogen) atoms. The van der Waals surface area contributed by atoms with E-state index in [9.17, 15) is 4.79 Å². The molecule has 0 aliphatic heterocycles. The number of rotatable bonds is 4. The number of ether oxygens (including phenoxy) is 1. The Bertz CT molecular complexity index is 413. The van der Waals surface area contributed by atoms with Crippen LogP contribution in [0.25, 0.3) is 0 Å². The van der Waals surface area contributed by atoms with Crippen molar-refractivity contribution >= 4 is 21.7 Å². The zero-order valence-corrected chi connectivity index (χ0v) is 11.1. The first kappa shape index (κ1) is 12.8. The van der Waals surface area contributed by atoms with E-state index in [0.29, 0.717) is 11.3 Å². The minimum atomic E-state index is -0.0305. The summed E-state index contributed by atoms with van der Waals surface area (Å²) in [6.45, 7) is 0. The molecule has 0 aromatic heterocycles. The monoisotopic (exact) mass is 283 g/mol. The molecular formula is C12H14BrNO2. The molecule has 1 rings (SSSR count). The summed E-state index contributed by atoms with van der Waals surface area (Å²) in [5.41, 5.74) is 0.630. The summed E-state index contributed by atoms with van der Waals surface area (Å²) in [7, 11) is 5.33. The van der Waals surface area contributed by atoms with Crippen molar-refractivity contribution in [3.8, 4) is 5.75 Å². The molecule has 3 nitrogen and oxygen atoms in total. The summed E-state index contributed by atoms with van der Waals surface area (Å²) in [4.78, 5) is 13.5. The van der Waals surface area contributed by atoms with Gasteiger partial charge in [-0.25, -0.2) is 0 Å². The van der Waals surface area contributed by atoms with Gasteiger partial charge in [-0.2, -0.15) is 0 Å². The molecule has 0 atom stereocenters. The number of hydrogen-bond acceptors (Lipinski definition) is 3. The third kappa shape index (κ3) is 3.38. The number of carbonyl (C=O) groups excluding carboxylic acids is 1. The van der Waals surface area contributed by atoms with Crippen molar-refractivity contribution in [3.63, 3.8) is 0 Å². The third-order valence-corrected chi connectivity index (χ3v) is 2.58. The van der Waals surface area contributed by atoms with Crippen LogP contribution in [-0.2, 0) is 0 Å². The first-order valence-corrected chi connectivity index (χ1v) is 5.56. The first-order chi connectivity index (χ1) is 7.54. The zero-order valence-electron chi connectivity index (χ0n) is 9.53. The highest BCUT2D eigenvalue weighted by Gasteiger charge is 2.05. The number of carbonyl (C=O) groups is 1. The molecule has 0 spiro atoms. The van der Waals surface area contributed by atoms with Crippen molar-refractivity contribution in [2.75, 3.05) is 21.2 Å². The molecule has 0 aliphatic rings. The lowest BCUT2D eigenvalue weighted by molar-refractivity contribution is 0.104. The second-order valence-corrected chi connectivity index (χ2v) is 4.35. The van der Waals surface area contributed by atoms with Crippen molar-refractivity contribution < 1.29 is 9.53 Å². The maximum atomic E-state index is 11.7. The highest BCUT2D eigenvalue weighted by Crippen LogP contribution is 2.25. The average molecular weight is 284 g/mol. The Kier molecular flexibility index (Phi) is 4.55. The molecule has 0 amide bonds. The summed E-state index contributed by atoms with van der Waals surface area (Å²) in [6, 6.07) is 5.26. The van der Waals surface area contributed by atoms with Crippen LogP contribution in [0.3, 0.4) is 0 Å². The van der Waals surface area contributed by atoms with Crippen molar-refractivity contribution in [2.45, 2.75) is 0 Å². The van der Waals surface area contributed by atoms with Crippen LogP contribution in [-0.4, -0.2) is 31.9 Å². The number of nitrogens with zero attached hydrogens (tertiary/aromatic N) is 1. The van der Waals surface area contributed by atoms with Gasteiger partial charge in [-0.1, -0.05) is 0 Å². The van der Waals surface area contributed by atoms with Crippen molar-refractivity contribution in [2.24, 2.45) is 0 Å². The van der Waals surface area contributed by atoms with Crippen molar-refractivity contribution in [1.82, 2.24) is 4.90 Å². The van der Waals surface area contributed by atoms with Crippen LogP contribution < -0.4 is 4.74 Å². The molecule has 0 fully saturated rings. The molecule has 0 saturated carbocycles. The van der Waals surface area contributed by atoms with E-state index >= 15 is 0 Å². The lowest BCUT2D eigenvalue weighted by Crippen LogP contribution is -2.03. The Morgan fingerprint density at radius 3 is 2.62 bits per heavy atom. The summed E-state index contributed by atoms with van der Waals surface area (Å²) >= 11 is 3.34. The van der Waals surface area contributed by atoms with Crippen molar-refractivity contribution in [3.05, 3.63) is 40.5 Å². The summed E-state index contributed by atoms with van der Waals surface area (Å²) in [5, 5.41) is 0. The Labute approximate surface area is 104 Å². The smallest absolute Gasteiger partial charge is 0.187 e. The van der Waals surface area contributed by atoms with E-state index in [1.807, 2.05) is 19.0 Å². The van der Waals surface area contributed by atoms with Crippen LogP contribution in [0.1, 0.15) is 10.4 Å². The lowest BCUT2D eigenvalue weighted by atomic mass is 10.1. The topological polar surface area (TPSA) is 29.5 Å². The standard InChI is InChI=1S/C12H14BrNO2/c1-14(2)7-6-11(15)9-4-5-12(16-3)10(13)8-9/h4-8H,1-3H3/b7-6+. The van der Waals surface area contributed by atoms with Gasteiger partial charge in [-0.05, 0) is 34.1 Å². The number of ketones is 1. The van der Waals surface area contributed by atoms with Gasteiger partial charge in [0.15, 0.2) is 5.78 Å². The molecule has 0 bridgehead atoms. The van der Waals surface area contributed by atoms with Crippen LogP contribution in [0.15, 0.2) is 34.9 Å². The molecular weight excluding hydrogens is 270 g/mol. The van der Waals surface area contributed by atoms with Crippen LogP contribution in [0.2, 0.25) is 0 Å². The van der Waals surface area contributed by atoms with Gasteiger partial charge in [0.2, 0.25) is 0 Å². The van der Waals surface area contributed by atoms with Gasteiger partial charge < -0.3 is 9.64 Å². The van der Waals surface area contributed by atoms with Gasteiger partial charge in [0.1, 0.15) is 5.75 Å². The normalized spacial score (nSPS) is 10.5. The fraction of sp³-hybridized carbons (Fsp3) is 0.250. The van der Waals surface area contributed by atoms with Crippen LogP contribution in [0, 0.1) is 0 Å². The molecule has 0 aliphatic carbocycles. The van der Waals surface area contributed by atoms with E-state index in [0.717, 1.165) is 4.47 Å². The fourth-order valence-electron chi connectivity index (χ4n) is 1.13. The van der Waals surface area contributed by atoms with Gasteiger partial charge >= 0.3 is 0 Å². The number of benzene rings is 1. The van der Waals surface area contributed by atoms with E-state index in [1.165, 1.54) is 6.08 Å². The molecule has 1 aromatic carbocycles. The minimum Gasteiger partial charge on any atom is -0.496 e. The van der Waals surface area contributed by atoms with Crippen LogP contribution >= 0.6 is 15.9 Å². The molecule has 0 saturated heterocycles. The minimum absolute atomic E-state index is 0.0305. The highest BCUT2D eigenvalue weighted by atomic mass is 79.9. The molecule has 1 aromatic rings. The summed E-state index contributed by atoms with van der Waals surface area (Å²) in [5.74, 6) is 0.685. The quantitative estimate of drug-likeness (QED) is 0.629. The molecule has 0 radical (unpaired) electrons. The zero-order chi connectivity index (χ0) is 12.1. The highest BCUT2D eigenvalue weighted by molar-refractivity contribution is 9.10. The van der Waals surface area contributed by atoms with E-state index < -0.39 is 0 Å². The van der Waals surface area contributed by atoms with E-state index in [2.05, 4.69) is 15.9 Å². The fourth-order valence-corrected chi connectivity index (χ4v) is 1.67. The predicted octanol–water partition coefficient (Wildman–Crippen LogP) is 2.72. The summed E-state index contributed by atoms with van der Waals surface area (Å²) in [6.07, 6.45) is 3.26. The number of hydrogen-bond donors (Lipinski definition) is 0. The maximum absolute atomic E-state index is 11.7. The van der Waals surface area contributed by atoms with E-state index in [-0.39, 0.29) is 5.78 Å². The van der Waals surface area contributed by atoms with E-state index in [4.69, 9.17) is 4.74 Å². The second-order valence-electron chi connectivity index (χ2n) is 3.49. The Balaban J connectivity index is 2.89. The Morgan fingerprint density at radius 1 is 1.44 bits per heavy atom. The van der Waals surface area contributed by atoms with Gasteiger partial charge in [0.05, 0.1) is 11.6 Å². The van der Waals surface area contributed by atoms with E-state index in [1.54, 1.807) is 31.5 Å². The van der Waals surface area contributed by atoms with Gasteiger partial charge in [0, 0.05) is 31.9 Å². The SMILES string of the molecule is COc1ccc(C(=O)/C=C/N(C)C)cc1Br. The lowest BCUT2D eigenvalue weighted by Gasteiger charge is -2.05. The van der Waals surface area contributed by atoms with Gasteiger partial charge in [0.25, 0.3) is 0 Å². The molecule has 0 heterocycles. The third-order valence-electron chi connectivity index (χ3n) is 1.96. The van der Waals surface area contributed by atoms with Gasteiger partial charge in [-0.3, -0.25) is 4.79 Å². The second kappa shape index (κ2) is 5.70. The van der Waals surface area contributed by atoms with Crippen molar-refractivity contribution in [1.29, 1.82) is 0 Å². The molecule has 86 valence electrons. The van der Waals surface area contributed by atoms with Crippen LogP contribution in [0.5, 0.6) is 5.75 Å². The molecule has 0 N–H and O–H groups in total. The predicted molar refractivity (Wildman–Crippen MR) is 67.9 cm³/mol. The maximum Gasteiger partial charge on any atom is 0.187 e.